The lowest BCUT2D eigenvalue weighted by Crippen LogP contribution is -2.14. The van der Waals surface area contributed by atoms with E-state index in [2.05, 4.69) is 55.5 Å². The van der Waals surface area contributed by atoms with Crippen LogP contribution in [0.25, 0.3) is 11.1 Å². The summed E-state index contributed by atoms with van der Waals surface area (Å²) in [5, 5.41) is 9.36. The Hall–Kier alpha value is -1.60. The van der Waals surface area contributed by atoms with Crippen LogP contribution >= 0.6 is 0 Å². The van der Waals surface area contributed by atoms with Crippen LogP contribution in [-0.4, -0.2) is 11.2 Å². The van der Waals surface area contributed by atoms with Crippen LogP contribution in [0.5, 0.6) is 0 Å². The van der Waals surface area contributed by atoms with Gasteiger partial charge in [-0.05, 0) is 29.9 Å². The molecule has 3 rings (SSSR count). The topological polar surface area (TPSA) is 20.2 Å². The van der Waals surface area contributed by atoms with Gasteiger partial charge in [-0.25, -0.2) is 0 Å². The smallest absolute Gasteiger partial charge is 0.0565 e. The first-order valence-electron chi connectivity index (χ1n) is 8.06. The van der Waals surface area contributed by atoms with Crippen LogP contribution < -0.4 is 0 Å². The van der Waals surface area contributed by atoms with Gasteiger partial charge in [-0.2, -0.15) is 0 Å². The van der Waals surface area contributed by atoms with Crippen molar-refractivity contribution in [2.45, 2.75) is 45.1 Å². The van der Waals surface area contributed by atoms with Crippen molar-refractivity contribution in [3.8, 4) is 11.1 Å². The molecule has 1 aliphatic carbocycles. The molecule has 0 spiro atoms. The first-order chi connectivity index (χ1) is 10.3. The summed E-state index contributed by atoms with van der Waals surface area (Å²) < 4.78 is 0. The van der Waals surface area contributed by atoms with Crippen LogP contribution in [0.1, 0.15) is 39.0 Å². The van der Waals surface area contributed by atoms with Gasteiger partial charge in [-0.3, -0.25) is 0 Å². The maximum Gasteiger partial charge on any atom is 0.0565 e. The second-order valence-electron chi connectivity index (χ2n) is 5.91. The maximum absolute atomic E-state index is 9.36. The molecule has 1 fully saturated rings. The van der Waals surface area contributed by atoms with Gasteiger partial charge in [0.2, 0.25) is 0 Å². The zero-order valence-electron chi connectivity index (χ0n) is 12.9. The van der Waals surface area contributed by atoms with Crippen molar-refractivity contribution in [2.24, 2.45) is 5.92 Å². The van der Waals surface area contributed by atoms with E-state index in [0.717, 1.165) is 6.42 Å². The molecular weight excluding hydrogens is 256 g/mol. The van der Waals surface area contributed by atoms with Crippen LogP contribution in [0.2, 0.25) is 0 Å². The Morgan fingerprint density at radius 1 is 0.714 bits per heavy atom. The Kier molecular flexibility index (Phi) is 6.49. The summed E-state index contributed by atoms with van der Waals surface area (Å²) in [6, 6.07) is 20.8. The fraction of sp³-hybridized carbons (Fsp3) is 0.400. The molecule has 0 heterocycles. The van der Waals surface area contributed by atoms with E-state index >= 15 is 0 Å². The third-order valence-electron chi connectivity index (χ3n) is 4.20. The fourth-order valence-electron chi connectivity index (χ4n) is 2.73. The summed E-state index contributed by atoms with van der Waals surface area (Å²) in [4.78, 5) is 0. The molecule has 1 saturated carbocycles. The minimum atomic E-state index is -0.00694. The molecule has 2 atom stereocenters. The molecule has 2 aromatic carbocycles. The first-order valence-corrected chi connectivity index (χ1v) is 8.06. The quantitative estimate of drug-likeness (QED) is 0.704. The summed E-state index contributed by atoms with van der Waals surface area (Å²) in [5.41, 5.74) is 2.55. The number of aliphatic hydroxyl groups is 1. The van der Waals surface area contributed by atoms with Gasteiger partial charge < -0.3 is 5.11 Å². The van der Waals surface area contributed by atoms with Crippen LogP contribution in [0, 0.1) is 5.92 Å². The molecule has 0 aliphatic heterocycles. The van der Waals surface area contributed by atoms with E-state index in [9.17, 15) is 5.11 Å². The molecule has 0 saturated heterocycles. The van der Waals surface area contributed by atoms with E-state index in [1.165, 1.54) is 36.8 Å². The molecule has 112 valence electrons. The highest BCUT2D eigenvalue weighted by Crippen LogP contribution is 2.22. The molecule has 21 heavy (non-hydrogen) atoms. The highest BCUT2D eigenvalue weighted by atomic mass is 16.3. The molecule has 1 nitrogen and oxygen atoms in total. The number of aliphatic hydroxyl groups excluding tert-OH is 1. The number of benzene rings is 2. The summed E-state index contributed by atoms with van der Waals surface area (Å²) in [7, 11) is 0. The number of hydrogen-bond donors (Lipinski definition) is 1. The Morgan fingerprint density at radius 3 is 1.71 bits per heavy atom. The van der Waals surface area contributed by atoms with Crippen LogP contribution in [0.4, 0.5) is 0 Å². The first kappa shape index (κ1) is 15.8. The van der Waals surface area contributed by atoms with Crippen molar-refractivity contribution < 1.29 is 5.11 Å². The molecule has 0 bridgehead atoms. The van der Waals surface area contributed by atoms with Crippen LogP contribution in [0.15, 0.2) is 60.7 Å². The second-order valence-corrected chi connectivity index (χ2v) is 5.91. The lowest BCUT2D eigenvalue weighted by Gasteiger charge is -2.13. The van der Waals surface area contributed by atoms with E-state index < -0.39 is 0 Å². The summed E-state index contributed by atoms with van der Waals surface area (Å²) in [6.45, 7) is 2.15. The largest absolute Gasteiger partial charge is 0.393 e. The molecule has 0 aromatic heterocycles. The van der Waals surface area contributed by atoms with E-state index in [1.807, 2.05) is 12.1 Å². The van der Waals surface area contributed by atoms with Crippen molar-refractivity contribution >= 4 is 0 Å². The molecule has 1 N–H and O–H groups in total. The summed E-state index contributed by atoms with van der Waals surface area (Å²) >= 11 is 0. The minimum Gasteiger partial charge on any atom is -0.393 e. The highest BCUT2D eigenvalue weighted by Gasteiger charge is 2.15. The number of rotatable bonds is 1. The van der Waals surface area contributed by atoms with Crippen molar-refractivity contribution in [1.29, 1.82) is 0 Å². The standard InChI is InChI=1S/C12H10.C8H16O/c1-3-7-11(8-4-1)12-9-5-2-6-10-12;1-7-5-3-2-4-6-8(7)9/h1-10H;7-9H,2-6H2,1H3. The fourth-order valence-corrected chi connectivity index (χ4v) is 2.73. The molecule has 1 heteroatoms. The molecule has 2 aromatic rings. The molecule has 0 radical (unpaired) electrons. The van der Waals surface area contributed by atoms with Crippen LogP contribution in [-0.2, 0) is 0 Å². The average Bonchev–Trinajstić information content (AvgIpc) is 2.74. The van der Waals surface area contributed by atoms with E-state index in [1.54, 1.807) is 0 Å². The predicted octanol–water partition coefficient (Wildman–Crippen LogP) is 5.30. The number of hydrogen-bond acceptors (Lipinski definition) is 1. The highest BCUT2D eigenvalue weighted by molar-refractivity contribution is 5.62. The Balaban J connectivity index is 0.000000161. The van der Waals surface area contributed by atoms with Gasteiger partial charge in [-0.1, -0.05) is 86.8 Å². The molecule has 2 unspecified atom stereocenters. The van der Waals surface area contributed by atoms with Gasteiger partial charge in [0.1, 0.15) is 0 Å². The van der Waals surface area contributed by atoms with E-state index in [-0.39, 0.29) is 6.10 Å². The summed E-state index contributed by atoms with van der Waals surface area (Å²) in [6.07, 6.45) is 6.11. The Labute approximate surface area is 128 Å². The van der Waals surface area contributed by atoms with Gasteiger partial charge in [0.25, 0.3) is 0 Å². The molecule has 1 aliphatic rings. The molecular formula is C20H26O. The van der Waals surface area contributed by atoms with Crippen molar-refractivity contribution in [3.05, 3.63) is 60.7 Å². The lowest BCUT2D eigenvalue weighted by atomic mass is 10.0. The SMILES string of the molecule is CC1CCCCCC1O.c1ccc(-c2ccccc2)cc1. The van der Waals surface area contributed by atoms with Crippen molar-refractivity contribution in [3.63, 3.8) is 0 Å². The van der Waals surface area contributed by atoms with Crippen LogP contribution in [0.3, 0.4) is 0 Å². The Bertz CT molecular complexity index is 444. The zero-order chi connectivity index (χ0) is 14.9. The van der Waals surface area contributed by atoms with Gasteiger partial charge >= 0.3 is 0 Å². The van der Waals surface area contributed by atoms with Gasteiger partial charge in [0.05, 0.1) is 6.10 Å². The van der Waals surface area contributed by atoms with Gasteiger partial charge in [-0.15, -0.1) is 0 Å². The lowest BCUT2D eigenvalue weighted by molar-refractivity contribution is 0.110. The maximum atomic E-state index is 9.36. The monoisotopic (exact) mass is 282 g/mol. The van der Waals surface area contributed by atoms with Crippen molar-refractivity contribution in [2.75, 3.05) is 0 Å². The van der Waals surface area contributed by atoms with Gasteiger partial charge in [0.15, 0.2) is 0 Å². The second kappa shape index (κ2) is 8.63. The minimum absolute atomic E-state index is 0.00694. The average molecular weight is 282 g/mol. The third kappa shape index (κ3) is 5.35. The normalized spacial score (nSPS) is 21.8. The van der Waals surface area contributed by atoms with Crippen molar-refractivity contribution in [1.82, 2.24) is 0 Å². The zero-order valence-corrected chi connectivity index (χ0v) is 12.9. The predicted molar refractivity (Wildman–Crippen MR) is 90.1 cm³/mol. The summed E-state index contributed by atoms with van der Waals surface area (Å²) in [5.74, 6) is 0.549. The van der Waals surface area contributed by atoms with Gasteiger partial charge in [0, 0.05) is 0 Å². The van der Waals surface area contributed by atoms with E-state index in [4.69, 9.17) is 0 Å². The molecule has 0 amide bonds. The Morgan fingerprint density at radius 2 is 1.19 bits per heavy atom. The van der Waals surface area contributed by atoms with E-state index in [0.29, 0.717) is 5.92 Å². The third-order valence-corrected chi connectivity index (χ3v) is 4.20.